The Morgan fingerprint density at radius 3 is 2.89 bits per heavy atom. The van der Waals surface area contributed by atoms with Gasteiger partial charge in [0.2, 0.25) is 11.8 Å². The molecule has 2 N–H and O–H groups in total. The molecule has 0 spiro atoms. The maximum absolute atomic E-state index is 12.6. The molecule has 5 heteroatoms. The van der Waals surface area contributed by atoms with Gasteiger partial charge in [-0.2, -0.15) is 0 Å². The predicted octanol–water partition coefficient (Wildman–Crippen LogP) is -0.279. The van der Waals surface area contributed by atoms with Gasteiger partial charge in [-0.25, -0.2) is 0 Å². The number of nitrogens with zero attached hydrogens (tertiary/aromatic N) is 1. The highest BCUT2D eigenvalue weighted by molar-refractivity contribution is 5.84. The summed E-state index contributed by atoms with van der Waals surface area (Å²) in [5.41, 5.74) is 0. The Hall–Kier alpha value is -1.10. The summed E-state index contributed by atoms with van der Waals surface area (Å²) in [7, 11) is 0. The minimum absolute atomic E-state index is 0.00972. The lowest BCUT2D eigenvalue weighted by molar-refractivity contribution is -0.139. The first-order valence-corrected chi connectivity index (χ1v) is 6.96. The van der Waals surface area contributed by atoms with Crippen LogP contribution in [0, 0.1) is 11.8 Å². The van der Waals surface area contributed by atoms with Crippen LogP contribution in [0.15, 0.2) is 0 Å². The topological polar surface area (TPSA) is 61.4 Å². The summed E-state index contributed by atoms with van der Waals surface area (Å²) in [6.07, 6.45) is 2.31. The number of rotatable bonds is 1. The standard InChI is InChI=1S/C13H21N3O2/c1-8-4-10-5-14-7-11(10)16(8)13(18)9-2-3-12(17)15-6-9/h8-11,14H,2-7H2,1H3,(H,15,17). The molecule has 0 aromatic carbocycles. The van der Waals surface area contributed by atoms with Gasteiger partial charge in [-0.05, 0) is 25.7 Å². The van der Waals surface area contributed by atoms with Crippen molar-refractivity contribution >= 4 is 11.8 Å². The molecule has 3 rings (SSSR count). The molecule has 0 aromatic rings. The van der Waals surface area contributed by atoms with Crippen LogP contribution in [0.2, 0.25) is 0 Å². The van der Waals surface area contributed by atoms with Crippen molar-refractivity contribution in [1.82, 2.24) is 15.5 Å². The van der Waals surface area contributed by atoms with E-state index in [0.29, 0.717) is 37.4 Å². The Labute approximate surface area is 107 Å². The zero-order valence-corrected chi connectivity index (χ0v) is 10.8. The Balaban J connectivity index is 1.69. The summed E-state index contributed by atoms with van der Waals surface area (Å²) in [5, 5.41) is 6.18. The monoisotopic (exact) mass is 251 g/mol. The smallest absolute Gasteiger partial charge is 0.228 e. The van der Waals surface area contributed by atoms with Crippen molar-refractivity contribution in [1.29, 1.82) is 0 Å². The van der Waals surface area contributed by atoms with Crippen molar-refractivity contribution < 1.29 is 9.59 Å². The van der Waals surface area contributed by atoms with E-state index in [1.807, 2.05) is 0 Å². The molecule has 0 aromatic heterocycles. The normalized spacial score (nSPS) is 39.6. The summed E-state index contributed by atoms with van der Waals surface area (Å²) in [5.74, 6) is 0.944. The fourth-order valence-corrected chi connectivity index (χ4v) is 3.70. The van der Waals surface area contributed by atoms with Crippen LogP contribution in [0.25, 0.3) is 0 Å². The third-order valence-electron chi connectivity index (χ3n) is 4.65. The molecule has 5 nitrogen and oxygen atoms in total. The average Bonchev–Trinajstić information content (AvgIpc) is 2.89. The van der Waals surface area contributed by atoms with E-state index in [4.69, 9.17) is 0 Å². The number of likely N-dealkylation sites (tertiary alicyclic amines) is 1. The number of fused-ring (bicyclic) bond motifs is 1. The van der Waals surface area contributed by atoms with Gasteiger partial charge in [0.15, 0.2) is 0 Å². The summed E-state index contributed by atoms with van der Waals surface area (Å²) in [6.45, 7) is 4.64. The molecule has 4 unspecified atom stereocenters. The maximum atomic E-state index is 12.6. The van der Waals surface area contributed by atoms with Crippen LogP contribution in [0.3, 0.4) is 0 Å². The molecular weight excluding hydrogens is 230 g/mol. The molecule has 0 saturated carbocycles. The van der Waals surface area contributed by atoms with E-state index >= 15 is 0 Å². The lowest BCUT2D eigenvalue weighted by Crippen LogP contribution is -2.49. The Morgan fingerprint density at radius 2 is 2.17 bits per heavy atom. The SMILES string of the molecule is CC1CC2CNCC2N1C(=O)C1CCC(=O)NC1. The maximum Gasteiger partial charge on any atom is 0.228 e. The summed E-state index contributed by atoms with van der Waals surface area (Å²) in [4.78, 5) is 25.9. The van der Waals surface area contributed by atoms with Gasteiger partial charge < -0.3 is 15.5 Å². The first kappa shape index (κ1) is 12.0. The van der Waals surface area contributed by atoms with E-state index in [2.05, 4.69) is 22.5 Å². The molecule has 100 valence electrons. The van der Waals surface area contributed by atoms with Gasteiger partial charge in [0.1, 0.15) is 0 Å². The van der Waals surface area contributed by atoms with Gasteiger partial charge in [0.05, 0.1) is 5.92 Å². The predicted molar refractivity (Wildman–Crippen MR) is 66.8 cm³/mol. The number of carbonyl (C=O) groups excluding carboxylic acids is 2. The van der Waals surface area contributed by atoms with Crippen molar-refractivity contribution in [3.63, 3.8) is 0 Å². The number of piperidine rings is 1. The molecule has 0 bridgehead atoms. The van der Waals surface area contributed by atoms with Crippen LogP contribution in [0.5, 0.6) is 0 Å². The first-order chi connectivity index (χ1) is 8.66. The summed E-state index contributed by atoms with van der Waals surface area (Å²) in [6, 6.07) is 0.734. The van der Waals surface area contributed by atoms with Gasteiger partial charge in [0, 0.05) is 38.1 Å². The van der Waals surface area contributed by atoms with Gasteiger partial charge >= 0.3 is 0 Å². The summed E-state index contributed by atoms with van der Waals surface area (Å²) < 4.78 is 0. The zero-order chi connectivity index (χ0) is 12.7. The third kappa shape index (κ3) is 1.90. The highest BCUT2D eigenvalue weighted by Crippen LogP contribution is 2.34. The number of hydrogen-bond acceptors (Lipinski definition) is 3. The van der Waals surface area contributed by atoms with Crippen LogP contribution < -0.4 is 10.6 Å². The second-order valence-electron chi connectivity index (χ2n) is 5.86. The molecule has 0 aliphatic carbocycles. The van der Waals surface area contributed by atoms with Gasteiger partial charge in [-0.15, -0.1) is 0 Å². The van der Waals surface area contributed by atoms with Gasteiger partial charge in [-0.3, -0.25) is 9.59 Å². The second kappa shape index (κ2) is 4.53. The van der Waals surface area contributed by atoms with E-state index in [0.717, 1.165) is 19.5 Å². The molecule has 3 aliphatic rings. The molecule has 18 heavy (non-hydrogen) atoms. The molecular formula is C13H21N3O2. The Kier molecular flexibility index (Phi) is 3.01. The fraction of sp³-hybridized carbons (Fsp3) is 0.846. The van der Waals surface area contributed by atoms with Crippen molar-refractivity contribution in [2.45, 2.75) is 38.3 Å². The fourth-order valence-electron chi connectivity index (χ4n) is 3.70. The molecule has 3 aliphatic heterocycles. The number of nitrogens with one attached hydrogen (secondary N) is 2. The van der Waals surface area contributed by atoms with Gasteiger partial charge in [0.25, 0.3) is 0 Å². The number of hydrogen-bond donors (Lipinski definition) is 2. The Morgan fingerprint density at radius 1 is 1.33 bits per heavy atom. The molecule has 3 heterocycles. The minimum Gasteiger partial charge on any atom is -0.355 e. The quantitative estimate of drug-likeness (QED) is 0.674. The van der Waals surface area contributed by atoms with Crippen molar-refractivity contribution in [3.8, 4) is 0 Å². The number of carbonyl (C=O) groups is 2. The van der Waals surface area contributed by atoms with Crippen LogP contribution in [0.1, 0.15) is 26.2 Å². The lowest BCUT2D eigenvalue weighted by atomic mass is 9.97. The van der Waals surface area contributed by atoms with Crippen molar-refractivity contribution in [3.05, 3.63) is 0 Å². The van der Waals surface area contributed by atoms with E-state index in [1.165, 1.54) is 0 Å². The molecule has 2 amide bonds. The van der Waals surface area contributed by atoms with Crippen LogP contribution in [0.4, 0.5) is 0 Å². The second-order valence-corrected chi connectivity index (χ2v) is 5.86. The summed E-state index contributed by atoms with van der Waals surface area (Å²) >= 11 is 0. The molecule has 0 radical (unpaired) electrons. The average molecular weight is 251 g/mol. The largest absolute Gasteiger partial charge is 0.355 e. The van der Waals surface area contributed by atoms with Crippen molar-refractivity contribution in [2.24, 2.45) is 11.8 Å². The van der Waals surface area contributed by atoms with Crippen LogP contribution >= 0.6 is 0 Å². The molecule has 3 fully saturated rings. The minimum atomic E-state index is -0.00972. The van der Waals surface area contributed by atoms with E-state index in [-0.39, 0.29) is 17.7 Å². The van der Waals surface area contributed by atoms with Gasteiger partial charge in [-0.1, -0.05) is 0 Å². The first-order valence-electron chi connectivity index (χ1n) is 6.96. The highest BCUT2D eigenvalue weighted by Gasteiger charge is 2.45. The Bertz CT molecular complexity index is 361. The van der Waals surface area contributed by atoms with Crippen LogP contribution in [-0.4, -0.2) is 48.4 Å². The lowest BCUT2D eigenvalue weighted by Gasteiger charge is -2.33. The highest BCUT2D eigenvalue weighted by atomic mass is 16.2. The van der Waals surface area contributed by atoms with Crippen LogP contribution in [-0.2, 0) is 9.59 Å². The van der Waals surface area contributed by atoms with E-state index in [1.54, 1.807) is 0 Å². The molecule has 4 atom stereocenters. The zero-order valence-electron chi connectivity index (χ0n) is 10.8. The van der Waals surface area contributed by atoms with Crippen molar-refractivity contribution in [2.75, 3.05) is 19.6 Å². The van der Waals surface area contributed by atoms with E-state index in [9.17, 15) is 9.59 Å². The number of amides is 2. The van der Waals surface area contributed by atoms with E-state index < -0.39 is 0 Å². The molecule has 3 saturated heterocycles. The third-order valence-corrected chi connectivity index (χ3v) is 4.65.